The molecule has 0 atom stereocenters. The molecule has 2 rings (SSSR count). The molecule has 0 aliphatic heterocycles. The van der Waals surface area contributed by atoms with Crippen LogP contribution in [0.15, 0.2) is 34.8 Å². The SMILES string of the molecule is CCc1cc(NCC(C)C)nc(-c2ccc(Br)cc2)n1. The van der Waals surface area contributed by atoms with Gasteiger partial charge in [0.15, 0.2) is 5.82 Å². The second-order valence-corrected chi connectivity index (χ2v) is 6.12. The van der Waals surface area contributed by atoms with Crippen molar-refractivity contribution in [2.45, 2.75) is 27.2 Å². The van der Waals surface area contributed by atoms with Gasteiger partial charge in [-0.3, -0.25) is 0 Å². The predicted molar refractivity (Wildman–Crippen MR) is 87.9 cm³/mol. The van der Waals surface area contributed by atoms with E-state index in [0.717, 1.165) is 40.3 Å². The van der Waals surface area contributed by atoms with Gasteiger partial charge in [0.1, 0.15) is 5.82 Å². The van der Waals surface area contributed by atoms with Gasteiger partial charge in [-0.1, -0.05) is 48.8 Å². The molecule has 0 spiro atoms. The van der Waals surface area contributed by atoms with Crippen molar-refractivity contribution in [2.75, 3.05) is 11.9 Å². The molecule has 0 fully saturated rings. The Bertz CT molecular complexity index is 564. The monoisotopic (exact) mass is 333 g/mol. The fraction of sp³-hybridized carbons (Fsp3) is 0.375. The fourth-order valence-electron chi connectivity index (χ4n) is 1.81. The first kappa shape index (κ1) is 15.0. The van der Waals surface area contributed by atoms with Gasteiger partial charge in [0, 0.05) is 28.3 Å². The van der Waals surface area contributed by atoms with Crippen LogP contribution in [0.3, 0.4) is 0 Å². The number of anilines is 1. The molecule has 20 heavy (non-hydrogen) atoms. The summed E-state index contributed by atoms with van der Waals surface area (Å²) in [5.74, 6) is 2.28. The van der Waals surface area contributed by atoms with E-state index in [9.17, 15) is 0 Å². The number of hydrogen-bond donors (Lipinski definition) is 1. The quantitative estimate of drug-likeness (QED) is 0.872. The van der Waals surface area contributed by atoms with Crippen LogP contribution < -0.4 is 5.32 Å². The maximum atomic E-state index is 4.62. The van der Waals surface area contributed by atoms with Crippen LogP contribution in [0.25, 0.3) is 11.4 Å². The lowest BCUT2D eigenvalue weighted by molar-refractivity contribution is 0.686. The van der Waals surface area contributed by atoms with Crippen LogP contribution in [-0.2, 0) is 6.42 Å². The number of halogens is 1. The summed E-state index contributed by atoms with van der Waals surface area (Å²) in [7, 11) is 0. The first-order chi connectivity index (χ1) is 9.58. The fourth-order valence-corrected chi connectivity index (χ4v) is 2.07. The van der Waals surface area contributed by atoms with Crippen molar-refractivity contribution in [3.63, 3.8) is 0 Å². The van der Waals surface area contributed by atoms with Crippen molar-refractivity contribution in [3.05, 3.63) is 40.5 Å². The van der Waals surface area contributed by atoms with Gasteiger partial charge < -0.3 is 5.32 Å². The molecule has 1 aromatic carbocycles. The minimum atomic E-state index is 0.589. The van der Waals surface area contributed by atoms with Crippen LogP contribution >= 0.6 is 15.9 Å². The minimum absolute atomic E-state index is 0.589. The van der Waals surface area contributed by atoms with Gasteiger partial charge in [0.05, 0.1) is 0 Å². The molecule has 0 bridgehead atoms. The van der Waals surface area contributed by atoms with Crippen LogP contribution in [0, 0.1) is 5.92 Å². The zero-order valence-corrected chi connectivity index (χ0v) is 13.7. The molecule has 1 aromatic heterocycles. The number of hydrogen-bond acceptors (Lipinski definition) is 3. The van der Waals surface area contributed by atoms with E-state index in [-0.39, 0.29) is 0 Å². The van der Waals surface area contributed by atoms with Gasteiger partial charge in [-0.05, 0) is 24.5 Å². The Labute approximate surface area is 129 Å². The summed E-state index contributed by atoms with van der Waals surface area (Å²) in [6, 6.07) is 10.1. The van der Waals surface area contributed by atoms with Crippen molar-refractivity contribution in [1.29, 1.82) is 0 Å². The van der Waals surface area contributed by atoms with Crippen LogP contribution in [-0.4, -0.2) is 16.5 Å². The Morgan fingerprint density at radius 3 is 2.45 bits per heavy atom. The Balaban J connectivity index is 2.32. The molecule has 0 radical (unpaired) electrons. The predicted octanol–water partition coefficient (Wildman–Crippen LogP) is 4.54. The molecule has 106 valence electrons. The maximum Gasteiger partial charge on any atom is 0.161 e. The van der Waals surface area contributed by atoms with Crippen molar-refractivity contribution in [1.82, 2.24) is 9.97 Å². The first-order valence-corrected chi connectivity index (χ1v) is 7.75. The largest absolute Gasteiger partial charge is 0.370 e. The topological polar surface area (TPSA) is 37.8 Å². The summed E-state index contributed by atoms with van der Waals surface area (Å²) in [5, 5.41) is 3.38. The second kappa shape index (κ2) is 6.84. The molecule has 0 saturated heterocycles. The lowest BCUT2D eigenvalue weighted by Gasteiger charge is -2.11. The summed E-state index contributed by atoms with van der Waals surface area (Å²) in [6.45, 7) is 7.40. The summed E-state index contributed by atoms with van der Waals surface area (Å²) in [4.78, 5) is 9.23. The Morgan fingerprint density at radius 2 is 1.85 bits per heavy atom. The van der Waals surface area contributed by atoms with Gasteiger partial charge in [-0.25, -0.2) is 9.97 Å². The highest BCUT2D eigenvalue weighted by molar-refractivity contribution is 9.10. The number of nitrogens with one attached hydrogen (secondary N) is 1. The third kappa shape index (κ3) is 4.04. The summed E-state index contributed by atoms with van der Waals surface area (Å²) >= 11 is 3.45. The number of nitrogens with zero attached hydrogens (tertiary/aromatic N) is 2. The zero-order chi connectivity index (χ0) is 14.5. The molecular formula is C16H20BrN3. The van der Waals surface area contributed by atoms with E-state index >= 15 is 0 Å². The number of rotatable bonds is 5. The maximum absolute atomic E-state index is 4.62. The molecule has 1 heterocycles. The highest BCUT2D eigenvalue weighted by Gasteiger charge is 2.06. The van der Waals surface area contributed by atoms with E-state index in [1.165, 1.54) is 0 Å². The van der Waals surface area contributed by atoms with E-state index in [1.54, 1.807) is 0 Å². The third-order valence-electron chi connectivity index (χ3n) is 2.94. The molecule has 0 aliphatic carbocycles. The Hall–Kier alpha value is -1.42. The lowest BCUT2D eigenvalue weighted by atomic mass is 10.2. The van der Waals surface area contributed by atoms with E-state index < -0.39 is 0 Å². The zero-order valence-electron chi connectivity index (χ0n) is 12.2. The van der Waals surface area contributed by atoms with E-state index in [4.69, 9.17) is 0 Å². The van der Waals surface area contributed by atoms with Crippen LogP contribution in [0.5, 0.6) is 0 Å². The molecule has 3 nitrogen and oxygen atoms in total. The normalized spacial score (nSPS) is 10.8. The number of benzene rings is 1. The van der Waals surface area contributed by atoms with Crippen LogP contribution in [0.2, 0.25) is 0 Å². The lowest BCUT2D eigenvalue weighted by Crippen LogP contribution is -2.10. The minimum Gasteiger partial charge on any atom is -0.370 e. The second-order valence-electron chi connectivity index (χ2n) is 5.20. The van der Waals surface area contributed by atoms with E-state index in [1.807, 2.05) is 30.3 Å². The Morgan fingerprint density at radius 1 is 1.15 bits per heavy atom. The summed E-state index contributed by atoms with van der Waals surface area (Å²) in [5.41, 5.74) is 2.10. The van der Waals surface area contributed by atoms with Gasteiger partial charge >= 0.3 is 0 Å². The average molecular weight is 334 g/mol. The molecular weight excluding hydrogens is 314 g/mol. The molecule has 4 heteroatoms. The van der Waals surface area contributed by atoms with Gasteiger partial charge in [-0.15, -0.1) is 0 Å². The molecule has 1 N–H and O–H groups in total. The molecule has 0 saturated carbocycles. The van der Waals surface area contributed by atoms with Crippen molar-refractivity contribution in [2.24, 2.45) is 5.92 Å². The van der Waals surface area contributed by atoms with Crippen molar-refractivity contribution in [3.8, 4) is 11.4 Å². The highest BCUT2D eigenvalue weighted by atomic mass is 79.9. The number of aromatic nitrogens is 2. The first-order valence-electron chi connectivity index (χ1n) is 6.96. The molecule has 2 aromatic rings. The summed E-state index contributed by atoms with van der Waals surface area (Å²) in [6.07, 6.45) is 0.905. The highest BCUT2D eigenvalue weighted by Crippen LogP contribution is 2.21. The average Bonchev–Trinajstić information content (AvgIpc) is 2.45. The molecule has 0 unspecified atom stereocenters. The van der Waals surface area contributed by atoms with Crippen LogP contribution in [0.4, 0.5) is 5.82 Å². The van der Waals surface area contributed by atoms with E-state index in [0.29, 0.717) is 5.92 Å². The molecule has 0 amide bonds. The van der Waals surface area contributed by atoms with Crippen LogP contribution in [0.1, 0.15) is 26.5 Å². The van der Waals surface area contributed by atoms with Crippen molar-refractivity contribution >= 4 is 21.7 Å². The van der Waals surface area contributed by atoms with Gasteiger partial charge in [0.25, 0.3) is 0 Å². The van der Waals surface area contributed by atoms with Crippen molar-refractivity contribution < 1.29 is 0 Å². The number of aryl methyl sites for hydroxylation is 1. The summed E-state index contributed by atoms with van der Waals surface area (Å²) < 4.78 is 1.06. The standard InChI is InChI=1S/C16H20BrN3/c1-4-14-9-15(18-10-11(2)3)20-16(19-14)12-5-7-13(17)8-6-12/h5-9,11H,4,10H2,1-3H3,(H,18,19,20). The third-order valence-corrected chi connectivity index (χ3v) is 3.46. The van der Waals surface area contributed by atoms with Gasteiger partial charge in [0.2, 0.25) is 0 Å². The van der Waals surface area contributed by atoms with Gasteiger partial charge in [-0.2, -0.15) is 0 Å². The van der Waals surface area contributed by atoms with E-state index in [2.05, 4.69) is 52.0 Å². The Kier molecular flexibility index (Phi) is 5.12. The molecule has 0 aliphatic rings. The smallest absolute Gasteiger partial charge is 0.161 e.